The molecule has 0 atom stereocenters. The van der Waals surface area contributed by atoms with Crippen molar-refractivity contribution < 1.29 is 48.1 Å². The van der Waals surface area contributed by atoms with Gasteiger partial charge < -0.3 is 39.6 Å². The molecule has 4 amide bonds. The summed E-state index contributed by atoms with van der Waals surface area (Å²) < 4.78 is 27.4. The molecule has 14 nitrogen and oxygen atoms in total. The highest BCUT2D eigenvalue weighted by atomic mass is 16.5. The Hall–Kier alpha value is -5.18. The van der Waals surface area contributed by atoms with Gasteiger partial charge in [0.2, 0.25) is 11.8 Å². The van der Waals surface area contributed by atoms with Crippen LogP contribution in [0, 0.1) is 0 Å². The number of unbranched alkanes of at least 4 members (excludes halogenated alkanes) is 3. The average molecular weight is 751 g/mol. The summed E-state index contributed by atoms with van der Waals surface area (Å²) in [5.74, 6) is 1.05. The molecule has 3 rings (SSSR count). The molecule has 3 aromatic carbocycles. The minimum Gasteiger partial charge on any atom is -0.493 e. The summed E-state index contributed by atoms with van der Waals surface area (Å²) in [6.07, 6.45) is 6.28. The number of nitrogens with one attached hydrogen (secondary N) is 4. The van der Waals surface area contributed by atoms with Crippen LogP contribution >= 0.6 is 0 Å². The summed E-state index contributed by atoms with van der Waals surface area (Å²) in [6.45, 7) is 1.88. The van der Waals surface area contributed by atoms with E-state index in [2.05, 4.69) is 16.0 Å². The van der Waals surface area contributed by atoms with Crippen molar-refractivity contribution in [3.05, 3.63) is 83.4 Å². The number of anilines is 1. The third-order valence-electron chi connectivity index (χ3n) is 8.23. The van der Waals surface area contributed by atoms with Crippen molar-refractivity contribution in [3.63, 3.8) is 0 Å². The third kappa shape index (κ3) is 17.6. The highest BCUT2D eigenvalue weighted by molar-refractivity contribution is 5.95. The molecule has 0 heterocycles. The van der Waals surface area contributed by atoms with Crippen LogP contribution in [0.4, 0.5) is 5.69 Å². The number of aryl methyl sites for hydroxylation is 2. The largest absolute Gasteiger partial charge is 0.493 e. The third-order valence-corrected chi connectivity index (χ3v) is 8.23. The summed E-state index contributed by atoms with van der Waals surface area (Å²) in [7, 11) is 3.25. The number of rotatable bonds is 27. The summed E-state index contributed by atoms with van der Waals surface area (Å²) in [5.41, 5.74) is 4.97. The quantitative estimate of drug-likeness (QED) is 0.0419. The van der Waals surface area contributed by atoms with Crippen LogP contribution in [0.15, 0.2) is 66.7 Å². The molecule has 0 spiro atoms. The van der Waals surface area contributed by atoms with E-state index in [0.29, 0.717) is 81.5 Å². The Morgan fingerprint density at radius 3 is 1.94 bits per heavy atom. The van der Waals surface area contributed by atoms with Gasteiger partial charge in [-0.15, -0.1) is 0 Å². The molecule has 0 aromatic heterocycles. The first-order valence-corrected chi connectivity index (χ1v) is 18.3. The topological polar surface area (TPSA) is 183 Å². The molecular weight excluding hydrogens is 696 g/mol. The molecule has 14 heteroatoms. The molecule has 0 radical (unpaired) electrons. The lowest BCUT2D eigenvalue weighted by molar-refractivity contribution is -0.129. The molecule has 5 N–H and O–H groups in total. The molecule has 0 saturated carbocycles. The lowest BCUT2D eigenvalue weighted by Gasteiger charge is -2.11. The van der Waals surface area contributed by atoms with Gasteiger partial charge in [-0.3, -0.25) is 24.4 Å². The van der Waals surface area contributed by atoms with E-state index < -0.39 is 5.91 Å². The number of carbonyl (C=O) groups excluding carboxylic acids is 4. The first-order valence-electron chi connectivity index (χ1n) is 18.3. The molecule has 0 aliphatic heterocycles. The van der Waals surface area contributed by atoms with Crippen LogP contribution in [0.5, 0.6) is 17.2 Å². The van der Waals surface area contributed by atoms with Gasteiger partial charge in [0.25, 0.3) is 11.8 Å². The number of benzene rings is 3. The molecule has 294 valence electrons. The Bertz CT molecular complexity index is 1590. The monoisotopic (exact) mass is 750 g/mol. The van der Waals surface area contributed by atoms with E-state index in [9.17, 15) is 19.2 Å². The molecular formula is C40H54N4O10. The van der Waals surface area contributed by atoms with Gasteiger partial charge in [0.15, 0.2) is 18.1 Å². The minimum absolute atomic E-state index is 0.0936. The van der Waals surface area contributed by atoms with Gasteiger partial charge in [-0.25, -0.2) is 5.48 Å². The smallest absolute Gasteiger partial charge is 0.258 e. The predicted molar refractivity (Wildman–Crippen MR) is 203 cm³/mol. The van der Waals surface area contributed by atoms with E-state index in [1.165, 1.54) is 5.56 Å². The molecule has 54 heavy (non-hydrogen) atoms. The molecule has 0 bridgehead atoms. The van der Waals surface area contributed by atoms with Gasteiger partial charge in [0.1, 0.15) is 5.75 Å². The molecule has 3 aromatic rings. The average Bonchev–Trinajstić information content (AvgIpc) is 3.19. The zero-order valence-corrected chi connectivity index (χ0v) is 31.3. The lowest BCUT2D eigenvalue weighted by Crippen LogP contribution is -2.32. The lowest BCUT2D eigenvalue weighted by atomic mass is 10.0. The molecule has 0 aliphatic rings. The fourth-order valence-corrected chi connectivity index (χ4v) is 5.36. The summed E-state index contributed by atoms with van der Waals surface area (Å²) in [4.78, 5) is 47.8. The second-order valence-electron chi connectivity index (χ2n) is 12.4. The van der Waals surface area contributed by atoms with Crippen LogP contribution < -0.4 is 35.6 Å². The Kier molecular flexibility index (Phi) is 20.6. The summed E-state index contributed by atoms with van der Waals surface area (Å²) in [5, 5.41) is 16.9. The second-order valence-corrected chi connectivity index (χ2v) is 12.4. The van der Waals surface area contributed by atoms with Crippen LogP contribution in [0.1, 0.15) is 66.4 Å². The fourth-order valence-electron chi connectivity index (χ4n) is 5.36. The first kappa shape index (κ1) is 43.2. The van der Waals surface area contributed by atoms with Gasteiger partial charge in [-0.05, 0) is 91.8 Å². The summed E-state index contributed by atoms with van der Waals surface area (Å²) >= 11 is 0. The number of hydrogen-bond acceptors (Lipinski definition) is 10. The van der Waals surface area contributed by atoms with E-state index in [-0.39, 0.29) is 30.7 Å². The standard InChI is InChI=1S/C40H54N4O10/c1-50-35-20-15-31(28-36(35)51-2)10-7-9-30-11-8-12-34(27-30)54-29-39(47)41-21-23-52-25-26-53-24-22-42-40(48)32-16-18-33(19-17-32)43-37(45)13-5-3-4-6-14-38(46)44-49/h8,11-12,15-20,27-28,49H,3-7,9-10,13-14,21-26,29H2,1-2H3,(H,41,47)(H,42,48)(H,43,45)(H,44,46). The maximum Gasteiger partial charge on any atom is 0.258 e. The van der Waals surface area contributed by atoms with Crippen molar-refractivity contribution in [2.45, 2.75) is 57.8 Å². The number of ether oxygens (including phenoxy) is 5. The van der Waals surface area contributed by atoms with Crippen LogP contribution in [0.2, 0.25) is 0 Å². The van der Waals surface area contributed by atoms with Crippen molar-refractivity contribution in [2.24, 2.45) is 0 Å². The number of amides is 4. The zero-order valence-electron chi connectivity index (χ0n) is 31.3. The van der Waals surface area contributed by atoms with E-state index >= 15 is 0 Å². The van der Waals surface area contributed by atoms with Gasteiger partial charge in [0.05, 0.1) is 40.6 Å². The van der Waals surface area contributed by atoms with Crippen LogP contribution in [-0.2, 0) is 36.7 Å². The van der Waals surface area contributed by atoms with Gasteiger partial charge in [0, 0.05) is 37.2 Å². The van der Waals surface area contributed by atoms with Gasteiger partial charge in [-0.1, -0.05) is 31.0 Å². The van der Waals surface area contributed by atoms with E-state index in [1.54, 1.807) is 44.0 Å². The summed E-state index contributed by atoms with van der Waals surface area (Å²) in [6, 6.07) is 20.3. The van der Waals surface area contributed by atoms with E-state index in [1.807, 2.05) is 42.5 Å². The minimum atomic E-state index is -0.408. The zero-order chi connectivity index (χ0) is 38.8. The predicted octanol–water partition coefficient (Wildman–Crippen LogP) is 4.62. The number of hydroxylamine groups is 1. The Morgan fingerprint density at radius 2 is 1.28 bits per heavy atom. The SMILES string of the molecule is COc1ccc(CCCc2cccc(OCC(=O)NCCOCCOCCNC(=O)c3ccc(NC(=O)CCCCCCC(=O)NO)cc3)c2)cc1OC. The maximum absolute atomic E-state index is 12.4. The Balaban J connectivity index is 1.16. The fraction of sp³-hybridized carbons (Fsp3) is 0.450. The van der Waals surface area contributed by atoms with Crippen molar-refractivity contribution in [2.75, 3.05) is 65.7 Å². The highest BCUT2D eigenvalue weighted by Gasteiger charge is 2.09. The first-order chi connectivity index (χ1) is 26.3. The number of carbonyl (C=O) groups is 4. The maximum atomic E-state index is 12.4. The Morgan fingerprint density at radius 1 is 0.630 bits per heavy atom. The van der Waals surface area contributed by atoms with Crippen molar-refractivity contribution >= 4 is 29.3 Å². The van der Waals surface area contributed by atoms with E-state index in [4.69, 9.17) is 28.9 Å². The molecule has 0 aliphatic carbocycles. The van der Waals surface area contributed by atoms with E-state index in [0.717, 1.165) is 43.4 Å². The molecule has 0 unspecified atom stereocenters. The number of methoxy groups -OCH3 is 2. The van der Waals surface area contributed by atoms with Gasteiger partial charge in [-0.2, -0.15) is 0 Å². The van der Waals surface area contributed by atoms with Crippen molar-refractivity contribution in [1.82, 2.24) is 16.1 Å². The van der Waals surface area contributed by atoms with Gasteiger partial charge >= 0.3 is 0 Å². The van der Waals surface area contributed by atoms with Crippen molar-refractivity contribution in [1.29, 1.82) is 0 Å². The molecule has 0 saturated heterocycles. The van der Waals surface area contributed by atoms with Crippen LogP contribution in [0.25, 0.3) is 0 Å². The second kappa shape index (κ2) is 25.7. The van der Waals surface area contributed by atoms with Crippen molar-refractivity contribution in [3.8, 4) is 17.2 Å². The molecule has 0 fully saturated rings. The Labute approximate surface area is 317 Å². The normalized spacial score (nSPS) is 10.6. The van der Waals surface area contributed by atoms with Crippen LogP contribution in [0.3, 0.4) is 0 Å². The highest BCUT2D eigenvalue weighted by Crippen LogP contribution is 2.28. The number of hydrogen-bond donors (Lipinski definition) is 5. The van der Waals surface area contributed by atoms with Crippen LogP contribution in [-0.4, -0.2) is 89.2 Å².